The summed E-state index contributed by atoms with van der Waals surface area (Å²) in [5.41, 5.74) is 0. The Morgan fingerprint density at radius 1 is 0.458 bits per heavy atom. The van der Waals surface area contributed by atoms with Gasteiger partial charge in [0.1, 0.15) is 55.4 Å². The number of unbranched alkanes of at least 4 members (excludes halogenated alkanes) is 7. The maximum Gasteiger partial charge on any atom is 0.306 e. The lowest BCUT2D eigenvalue weighted by molar-refractivity contribution is -0.332. The second-order valence-electron chi connectivity index (χ2n) is 18.0. The number of esters is 2. The summed E-state index contributed by atoms with van der Waals surface area (Å²) in [5.74, 6) is -1.04. The van der Waals surface area contributed by atoms with Crippen molar-refractivity contribution in [2.24, 2.45) is 0 Å². The van der Waals surface area contributed by atoms with Crippen LogP contribution < -0.4 is 0 Å². The van der Waals surface area contributed by atoms with Gasteiger partial charge in [0, 0.05) is 12.8 Å². The molecule has 0 radical (unpaired) electrons. The van der Waals surface area contributed by atoms with Crippen LogP contribution in [0.25, 0.3) is 0 Å². The van der Waals surface area contributed by atoms with Crippen LogP contribution in [0, 0.1) is 0 Å². The van der Waals surface area contributed by atoms with E-state index in [1.807, 2.05) is 12.2 Å². The van der Waals surface area contributed by atoms with Crippen molar-refractivity contribution in [3.8, 4) is 0 Å². The molecule has 2 fully saturated rings. The molecular weight excluding hydrogens is 925 g/mol. The lowest BCUT2D eigenvalue weighted by Gasteiger charge is -2.42. The number of hydrogen-bond acceptors (Lipinski definition) is 15. The van der Waals surface area contributed by atoms with Gasteiger partial charge in [0.05, 0.1) is 19.8 Å². The molecule has 72 heavy (non-hydrogen) atoms. The predicted molar refractivity (Wildman–Crippen MR) is 279 cm³/mol. The fourth-order valence-electron chi connectivity index (χ4n) is 7.41. The third kappa shape index (κ3) is 29.8. The maximum atomic E-state index is 13.0. The van der Waals surface area contributed by atoms with E-state index >= 15 is 0 Å². The van der Waals surface area contributed by atoms with Gasteiger partial charge in [0.15, 0.2) is 18.7 Å². The molecule has 0 spiro atoms. The standard InChI is InChI=1S/C57H90O15/c1-3-5-7-9-11-13-15-17-19-21-22-24-26-28-30-32-34-36-38-40-49(60)70-45(42-67-48(59)39-37-35-33-31-29-27-25-23-20-18-16-14-12-10-8-6-4-2)43-68-56-55(66)53(64)51(62)47(72-56)44-69-57-54(65)52(63)50(61)46(41-58)71-57/h5,7,11-14,17-20,22,24-25,27-28,30-31,33,45-47,50-58,61-66H,3-4,6,8-10,15-16,21,23,26,29,32,34-44H2,1-2H3/b7-5+,13-11+,14-12+,19-17+,20-18+,24-22+,27-25+,30-28+,33-31+/t45-,46+,47+,50-,51-,52?,53?,54?,55?,56+,57+/m1/s1. The zero-order valence-corrected chi connectivity index (χ0v) is 43.1. The molecule has 0 bridgehead atoms. The summed E-state index contributed by atoms with van der Waals surface area (Å²) in [6, 6.07) is 0. The van der Waals surface area contributed by atoms with Crippen molar-refractivity contribution in [3.63, 3.8) is 0 Å². The van der Waals surface area contributed by atoms with E-state index in [9.17, 15) is 45.3 Å². The molecule has 2 saturated heterocycles. The number of aliphatic hydroxyl groups excluding tert-OH is 7. The number of carbonyl (C=O) groups excluding carboxylic acids is 2. The molecular formula is C57H90O15. The minimum atomic E-state index is -1.79. The Bertz CT molecular complexity index is 1660. The van der Waals surface area contributed by atoms with E-state index in [0.29, 0.717) is 19.3 Å². The van der Waals surface area contributed by atoms with Crippen LogP contribution >= 0.6 is 0 Å². The van der Waals surface area contributed by atoms with Gasteiger partial charge >= 0.3 is 11.9 Å². The molecule has 11 atom stereocenters. The Hall–Kier alpha value is -3.84. The highest BCUT2D eigenvalue weighted by atomic mass is 16.7. The normalized spacial score (nSPS) is 25.9. The summed E-state index contributed by atoms with van der Waals surface area (Å²) in [6.07, 6.45) is 38.3. The summed E-state index contributed by atoms with van der Waals surface area (Å²) in [4.78, 5) is 25.8. The van der Waals surface area contributed by atoms with Crippen molar-refractivity contribution in [2.45, 2.75) is 210 Å². The average Bonchev–Trinajstić information content (AvgIpc) is 3.37. The maximum absolute atomic E-state index is 13.0. The predicted octanol–water partition coefficient (Wildman–Crippen LogP) is 7.93. The van der Waals surface area contributed by atoms with Crippen LogP contribution in [0.4, 0.5) is 0 Å². The van der Waals surface area contributed by atoms with Crippen molar-refractivity contribution in [2.75, 3.05) is 26.4 Å². The van der Waals surface area contributed by atoms with Gasteiger partial charge in [-0.3, -0.25) is 9.59 Å². The number of hydrogen-bond donors (Lipinski definition) is 7. The number of allylic oxidation sites excluding steroid dienone is 18. The Morgan fingerprint density at radius 2 is 0.889 bits per heavy atom. The van der Waals surface area contributed by atoms with Crippen molar-refractivity contribution >= 4 is 11.9 Å². The monoisotopic (exact) mass is 1010 g/mol. The van der Waals surface area contributed by atoms with Crippen LogP contribution in [0.1, 0.15) is 142 Å². The van der Waals surface area contributed by atoms with Crippen LogP contribution in [0.15, 0.2) is 109 Å². The lowest BCUT2D eigenvalue weighted by Crippen LogP contribution is -2.61. The smallest absolute Gasteiger partial charge is 0.306 e. The largest absolute Gasteiger partial charge is 0.462 e. The van der Waals surface area contributed by atoms with Gasteiger partial charge in [-0.2, -0.15) is 0 Å². The molecule has 2 aliphatic heterocycles. The van der Waals surface area contributed by atoms with Crippen LogP contribution in [0.3, 0.4) is 0 Å². The fraction of sp³-hybridized carbons (Fsp3) is 0.649. The van der Waals surface area contributed by atoms with Gasteiger partial charge in [-0.05, 0) is 96.3 Å². The van der Waals surface area contributed by atoms with Crippen molar-refractivity contribution in [1.82, 2.24) is 0 Å². The van der Waals surface area contributed by atoms with Crippen LogP contribution in [-0.4, -0.2) is 142 Å². The molecule has 0 amide bonds. The molecule has 0 saturated carbocycles. The molecule has 15 nitrogen and oxygen atoms in total. The lowest BCUT2D eigenvalue weighted by atomic mass is 9.98. The molecule has 0 aromatic rings. The van der Waals surface area contributed by atoms with E-state index in [2.05, 4.69) is 111 Å². The summed E-state index contributed by atoms with van der Waals surface area (Å²) >= 11 is 0. The summed E-state index contributed by atoms with van der Waals surface area (Å²) in [5, 5.41) is 72.1. The van der Waals surface area contributed by atoms with Gasteiger partial charge in [0.25, 0.3) is 0 Å². The Balaban J connectivity index is 1.85. The quantitative estimate of drug-likeness (QED) is 0.0176. The van der Waals surface area contributed by atoms with Crippen molar-refractivity contribution in [3.05, 3.63) is 109 Å². The molecule has 2 rings (SSSR count). The minimum Gasteiger partial charge on any atom is -0.462 e. The van der Waals surface area contributed by atoms with Gasteiger partial charge in [-0.25, -0.2) is 0 Å². The second-order valence-corrected chi connectivity index (χ2v) is 18.0. The van der Waals surface area contributed by atoms with Crippen molar-refractivity contribution < 1.29 is 73.8 Å². The van der Waals surface area contributed by atoms with Gasteiger partial charge in [0.2, 0.25) is 0 Å². The summed E-state index contributed by atoms with van der Waals surface area (Å²) < 4.78 is 33.5. The molecule has 2 heterocycles. The first kappa shape index (κ1) is 64.3. The summed E-state index contributed by atoms with van der Waals surface area (Å²) in [7, 11) is 0. The molecule has 15 heteroatoms. The van der Waals surface area contributed by atoms with E-state index in [-0.39, 0.29) is 19.4 Å². The van der Waals surface area contributed by atoms with Gasteiger partial charge in [-0.1, -0.05) is 142 Å². The average molecular weight is 1020 g/mol. The summed E-state index contributed by atoms with van der Waals surface area (Å²) in [6.45, 7) is 2.33. The highest BCUT2D eigenvalue weighted by Crippen LogP contribution is 2.26. The minimum absolute atomic E-state index is 0.107. The van der Waals surface area contributed by atoms with Crippen LogP contribution in [0.5, 0.6) is 0 Å². The van der Waals surface area contributed by atoms with Gasteiger partial charge < -0.3 is 64.2 Å². The highest BCUT2D eigenvalue weighted by Gasteiger charge is 2.47. The number of aliphatic hydroxyl groups is 7. The van der Waals surface area contributed by atoms with E-state index in [0.717, 1.165) is 77.0 Å². The SMILES string of the molecule is CC/C=C/C/C=C/C/C=C/C/C=C/C/C=C/CCCCCC(=O)O[C@H](COC(=O)CCC/C=C/C/C=C/C/C=C/C/C=C/CCCCC)CO[C@H]1O[C@@H](CO[C@H]2O[C@@H](CO)[C@@H](O)C(O)C2O)[C@@H](O)C(O)C1O. The highest BCUT2D eigenvalue weighted by molar-refractivity contribution is 5.70. The van der Waals surface area contributed by atoms with E-state index in [1.54, 1.807) is 0 Å². The Morgan fingerprint density at radius 3 is 1.39 bits per heavy atom. The van der Waals surface area contributed by atoms with E-state index in [1.165, 1.54) is 19.3 Å². The van der Waals surface area contributed by atoms with E-state index < -0.39 is 99.3 Å². The zero-order chi connectivity index (χ0) is 52.4. The van der Waals surface area contributed by atoms with Crippen molar-refractivity contribution in [1.29, 1.82) is 0 Å². The molecule has 2 aliphatic rings. The first-order chi connectivity index (χ1) is 35.0. The first-order valence-corrected chi connectivity index (χ1v) is 26.5. The second kappa shape index (κ2) is 42.5. The first-order valence-electron chi connectivity index (χ1n) is 26.5. The number of carbonyl (C=O) groups is 2. The molecule has 0 aromatic carbocycles. The Kier molecular flexibility index (Phi) is 37.9. The third-order valence-corrected chi connectivity index (χ3v) is 11.7. The number of ether oxygens (including phenoxy) is 6. The molecule has 7 N–H and O–H groups in total. The van der Waals surface area contributed by atoms with E-state index in [4.69, 9.17) is 28.4 Å². The molecule has 0 aromatic heterocycles. The zero-order valence-electron chi connectivity index (χ0n) is 43.1. The fourth-order valence-corrected chi connectivity index (χ4v) is 7.41. The molecule has 408 valence electrons. The number of rotatable bonds is 39. The Labute approximate surface area is 430 Å². The molecule has 0 aliphatic carbocycles. The van der Waals surface area contributed by atoms with Crippen LogP contribution in [-0.2, 0) is 38.0 Å². The van der Waals surface area contributed by atoms with Gasteiger partial charge in [-0.15, -0.1) is 0 Å². The van der Waals surface area contributed by atoms with Crippen LogP contribution in [0.2, 0.25) is 0 Å². The third-order valence-electron chi connectivity index (χ3n) is 11.7. The molecule has 4 unspecified atom stereocenters. The topological polar surface area (TPSA) is 231 Å².